The highest BCUT2D eigenvalue weighted by Crippen LogP contribution is 2.40. The number of ether oxygens (including phenoxy) is 1. The zero-order valence-corrected chi connectivity index (χ0v) is 26.2. The third-order valence-electron chi connectivity index (χ3n) is 7.61. The van der Waals surface area contributed by atoms with Gasteiger partial charge in [0.2, 0.25) is 11.8 Å². The van der Waals surface area contributed by atoms with Crippen molar-refractivity contribution < 1.29 is 37.0 Å². The van der Waals surface area contributed by atoms with Crippen molar-refractivity contribution in [1.29, 1.82) is 0 Å². The predicted molar refractivity (Wildman–Crippen MR) is 160 cm³/mol. The number of alkyl halides is 3. The van der Waals surface area contributed by atoms with Crippen LogP contribution in [0.15, 0.2) is 41.1 Å². The van der Waals surface area contributed by atoms with Crippen LogP contribution in [-0.4, -0.2) is 33.0 Å². The van der Waals surface area contributed by atoms with E-state index in [1.807, 2.05) is 0 Å². The molecular formula is C31H33BrF4N4O4. The van der Waals surface area contributed by atoms with Gasteiger partial charge in [-0.3, -0.25) is 4.79 Å². The number of rotatable bonds is 9. The lowest BCUT2D eigenvalue weighted by atomic mass is 9.82. The fourth-order valence-electron chi connectivity index (χ4n) is 5.24. The Labute approximate surface area is 261 Å². The molecular weight excluding hydrogens is 648 g/mol. The molecule has 1 saturated carbocycles. The Morgan fingerprint density at radius 2 is 1.84 bits per heavy atom. The van der Waals surface area contributed by atoms with Crippen LogP contribution in [0.4, 0.5) is 28.9 Å². The number of carbonyl (C=O) groups is 2. The van der Waals surface area contributed by atoms with Crippen LogP contribution in [0.3, 0.4) is 0 Å². The molecule has 2 aromatic heterocycles. The molecule has 0 bridgehead atoms. The first-order valence-corrected chi connectivity index (χ1v) is 15.0. The number of carboxylic acids is 1. The van der Waals surface area contributed by atoms with Crippen LogP contribution >= 0.6 is 15.9 Å². The fourth-order valence-corrected chi connectivity index (χ4v) is 5.64. The summed E-state index contributed by atoms with van der Waals surface area (Å²) in [6, 6.07) is 5.33. The molecule has 44 heavy (non-hydrogen) atoms. The molecule has 0 unspecified atom stereocenters. The summed E-state index contributed by atoms with van der Waals surface area (Å²) >= 11 is 3.25. The average molecular weight is 682 g/mol. The van der Waals surface area contributed by atoms with Gasteiger partial charge in [-0.15, -0.1) is 0 Å². The Morgan fingerprint density at radius 1 is 1.16 bits per heavy atom. The van der Waals surface area contributed by atoms with Crippen LogP contribution in [0.5, 0.6) is 11.6 Å². The number of aromatic nitrogens is 2. The second-order valence-corrected chi connectivity index (χ2v) is 12.1. The molecule has 13 heteroatoms. The number of hydrogen-bond acceptors (Lipinski definition) is 6. The highest BCUT2D eigenvalue weighted by atomic mass is 79.9. The molecule has 1 amide bonds. The van der Waals surface area contributed by atoms with Gasteiger partial charge < -0.3 is 20.1 Å². The number of amides is 1. The molecule has 0 radical (unpaired) electrons. The SMILES string of the molecule is Cc1nc(Br)ccc1NCc1cnc(Oc2cc(C(=O)O)c(N(C(=O)C3CCC(C)CC3)C(C)C)cc2F)c(C(F)(F)F)c1. The molecule has 2 heterocycles. The van der Waals surface area contributed by atoms with E-state index in [0.29, 0.717) is 34.7 Å². The van der Waals surface area contributed by atoms with E-state index in [1.165, 1.54) is 4.90 Å². The zero-order chi connectivity index (χ0) is 32.3. The molecule has 236 valence electrons. The van der Waals surface area contributed by atoms with Crippen molar-refractivity contribution in [3.63, 3.8) is 0 Å². The minimum Gasteiger partial charge on any atom is -0.478 e. The minimum atomic E-state index is -4.92. The van der Waals surface area contributed by atoms with Crippen LogP contribution in [0, 0.1) is 24.6 Å². The van der Waals surface area contributed by atoms with E-state index in [2.05, 4.69) is 38.1 Å². The Kier molecular flexibility index (Phi) is 10.2. The van der Waals surface area contributed by atoms with Crippen molar-refractivity contribution in [2.24, 2.45) is 11.8 Å². The lowest BCUT2D eigenvalue weighted by molar-refractivity contribution is -0.139. The van der Waals surface area contributed by atoms with Crippen molar-refractivity contribution in [2.75, 3.05) is 10.2 Å². The number of hydrogen-bond donors (Lipinski definition) is 2. The number of pyridine rings is 2. The number of benzene rings is 1. The Hall–Kier alpha value is -3.74. The van der Waals surface area contributed by atoms with E-state index in [9.17, 15) is 27.9 Å². The van der Waals surface area contributed by atoms with Gasteiger partial charge >= 0.3 is 12.1 Å². The van der Waals surface area contributed by atoms with E-state index in [4.69, 9.17) is 4.74 Å². The van der Waals surface area contributed by atoms with Crippen molar-refractivity contribution in [1.82, 2.24) is 9.97 Å². The maximum atomic E-state index is 15.5. The summed E-state index contributed by atoms with van der Waals surface area (Å²) in [6.45, 7) is 7.18. The number of halogens is 5. The monoisotopic (exact) mass is 680 g/mol. The first-order valence-electron chi connectivity index (χ1n) is 14.2. The Bertz CT molecular complexity index is 1540. The van der Waals surface area contributed by atoms with E-state index in [1.54, 1.807) is 32.9 Å². The largest absolute Gasteiger partial charge is 0.478 e. The first kappa shape index (κ1) is 33.2. The topological polar surface area (TPSA) is 105 Å². The van der Waals surface area contributed by atoms with Gasteiger partial charge in [0.1, 0.15) is 10.2 Å². The van der Waals surface area contributed by atoms with Gasteiger partial charge in [-0.2, -0.15) is 13.2 Å². The quantitative estimate of drug-likeness (QED) is 0.173. The Balaban J connectivity index is 1.65. The highest BCUT2D eigenvalue weighted by Gasteiger charge is 2.37. The van der Waals surface area contributed by atoms with Gasteiger partial charge in [-0.05, 0) is 92.1 Å². The van der Waals surface area contributed by atoms with Crippen LogP contribution in [0.25, 0.3) is 0 Å². The van der Waals surface area contributed by atoms with E-state index in [-0.39, 0.29) is 29.6 Å². The Morgan fingerprint density at radius 3 is 2.43 bits per heavy atom. The maximum Gasteiger partial charge on any atom is 0.421 e. The second kappa shape index (κ2) is 13.5. The van der Waals surface area contributed by atoms with Crippen molar-refractivity contribution in [3.05, 3.63) is 69.3 Å². The second-order valence-electron chi connectivity index (χ2n) is 11.3. The number of carbonyl (C=O) groups excluding carboxylic acids is 1. The van der Waals surface area contributed by atoms with Gasteiger partial charge in [-0.1, -0.05) is 6.92 Å². The zero-order valence-electron chi connectivity index (χ0n) is 24.6. The highest BCUT2D eigenvalue weighted by molar-refractivity contribution is 9.10. The molecule has 1 aliphatic carbocycles. The number of carboxylic acid groups (broad SMARTS) is 1. The molecule has 1 fully saturated rings. The first-order chi connectivity index (χ1) is 20.6. The molecule has 0 atom stereocenters. The fraction of sp³-hybridized carbons (Fsp3) is 0.419. The van der Waals surface area contributed by atoms with Gasteiger partial charge in [0.15, 0.2) is 11.6 Å². The van der Waals surface area contributed by atoms with Gasteiger partial charge in [0.25, 0.3) is 0 Å². The molecule has 0 aliphatic heterocycles. The van der Waals surface area contributed by atoms with Crippen molar-refractivity contribution in [3.8, 4) is 11.6 Å². The molecule has 4 rings (SSSR count). The molecule has 8 nitrogen and oxygen atoms in total. The number of nitrogens with zero attached hydrogens (tertiary/aromatic N) is 3. The summed E-state index contributed by atoms with van der Waals surface area (Å²) in [4.78, 5) is 35.1. The van der Waals surface area contributed by atoms with Crippen LogP contribution in [0.2, 0.25) is 0 Å². The standard InChI is InChI=1S/C31H33BrF4N4O4/c1-16(2)40(29(41)20-7-5-17(3)6-8-20)25-13-23(33)26(12-21(25)30(42)43)44-28-22(31(34,35)36)11-19(15-38-28)14-37-24-9-10-27(32)39-18(24)4/h9-13,15-17,20,37H,5-8,14H2,1-4H3,(H,42,43). The molecule has 2 N–H and O–H groups in total. The van der Waals surface area contributed by atoms with Gasteiger partial charge in [0.05, 0.1) is 22.6 Å². The number of nitrogens with one attached hydrogen (secondary N) is 1. The maximum absolute atomic E-state index is 15.5. The molecule has 3 aromatic rings. The van der Waals surface area contributed by atoms with Crippen LogP contribution in [0.1, 0.15) is 73.6 Å². The number of aryl methyl sites for hydroxylation is 1. The van der Waals surface area contributed by atoms with Crippen LogP contribution < -0.4 is 15.0 Å². The summed E-state index contributed by atoms with van der Waals surface area (Å²) in [5.74, 6) is -4.54. The molecule has 0 saturated heterocycles. The summed E-state index contributed by atoms with van der Waals surface area (Å²) < 4.78 is 63.6. The summed E-state index contributed by atoms with van der Waals surface area (Å²) in [6.07, 6.45) is -0.816. The minimum absolute atomic E-state index is 0.0221. The molecule has 0 spiro atoms. The summed E-state index contributed by atoms with van der Waals surface area (Å²) in [5, 5.41) is 13.0. The predicted octanol–water partition coefficient (Wildman–Crippen LogP) is 8.38. The number of aromatic carboxylic acids is 1. The number of anilines is 2. The van der Waals surface area contributed by atoms with Crippen LogP contribution in [-0.2, 0) is 17.5 Å². The smallest absolute Gasteiger partial charge is 0.421 e. The van der Waals surface area contributed by atoms with Crippen molar-refractivity contribution >= 4 is 39.2 Å². The lowest BCUT2D eigenvalue weighted by Gasteiger charge is -2.34. The van der Waals surface area contributed by atoms with E-state index < -0.39 is 46.8 Å². The average Bonchev–Trinajstić information content (AvgIpc) is 2.94. The third kappa shape index (κ3) is 7.66. The molecule has 1 aromatic carbocycles. The van der Waals surface area contributed by atoms with E-state index >= 15 is 4.39 Å². The third-order valence-corrected chi connectivity index (χ3v) is 8.06. The normalized spacial score (nSPS) is 17.0. The van der Waals surface area contributed by atoms with E-state index in [0.717, 1.165) is 37.2 Å². The van der Waals surface area contributed by atoms with Crippen molar-refractivity contribution in [2.45, 2.75) is 72.1 Å². The molecule has 1 aliphatic rings. The summed E-state index contributed by atoms with van der Waals surface area (Å²) in [5.41, 5.74) is -0.546. The lowest BCUT2D eigenvalue weighted by Crippen LogP contribution is -2.43. The van der Waals surface area contributed by atoms with Gasteiger partial charge in [-0.25, -0.2) is 19.2 Å². The van der Waals surface area contributed by atoms with Gasteiger partial charge in [0, 0.05) is 36.8 Å². The summed E-state index contributed by atoms with van der Waals surface area (Å²) in [7, 11) is 0.